The highest BCUT2D eigenvalue weighted by Gasteiger charge is 2.59. The van der Waals surface area contributed by atoms with Gasteiger partial charge in [-0.25, -0.2) is 0 Å². The van der Waals surface area contributed by atoms with Gasteiger partial charge in [0.2, 0.25) is 0 Å². The van der Waals surface area contributed by atoms with E-state index in [1.807, 2.05) is 0 Å². The first kappa shape index (κ1) is 22.8. The third kappa shape index (κ3) is 3.05. The number of nitrogens with zero attached hydrogens (tertiary/aromatic N) is 2. The third-order valence-corrected chi connectivity index (χ3v) is 7.01. The van der Waals surface area contributed by atoms with Crippen LogP contribution in [0.1, 0.15) is 11.1 Å². The number of nitrogens with two attached hydrogens (primary N) is 1. The topological polar surface area (TPSA) is 165 Å². The predicted molar refractivity (Wildman–Crippen MR) is 119 cm³/mol. The zero-order chi connectivity index (χ0) is 24.5. The standard InChI is InChI=1S/C23H27N3O7/c1-25(2)10-5-6-11(27)12-8(10)7-9-13(19(12)29)20(30)15-14(18(9)28)17(26(3)4)22(32)16(21(15)31)23(24)33/h5-6,9,14-15,17-18,27-29,32H,7H2,1-4H3,(H2,24,33). The molecular formula is C23H27N3O7. The van der Waals surface area contributed by atoms with Gasteiger partial charge in [-0.1, -0.05) is 0 Å². The van der Waals surface area contributed by atoms with Crippen LogP contribution < -0.4 is 10.6 Å². The Morgan fingerprint density at radius 2 is 1.70 bits per heavy atom. The average Bonchev–Trinajstić information content (AvgIpc) is 2.70. The lowest BCUT2D eigenvalue weighted by atomic mass is 9.58. The summed E-state index contributed by atoms with van der Waals surface area (Å²) in [6.07, 6.45) is -1.20. The third-order valence-electron chi connectivity index (χ3n) is 7.01. The summed E-state index contributed by atoms with van der Waals surface area (Å²) >= 11 is 0. The van der Waals surface area contributed by atoms with Gasteiger partial charge in [0.25, 0.3) is 5.91 Å². The van der Waals surface area contributed by atoms with Gasteiger partial charge in [0, 0.05) is 37.2 Å². The number of fused-ring (bicyclic) bond motifs is 3. The predicted octanol–water partition coefficient (Wildman–Crippen LogP) is -0.114. The van der Waals surface area contributed by atoms with E-state index in [1.54, 1.807) is 39.2 Å². The van der Waals surface area contributed by atoms with Gasteiger partial charge in [-0.2, -0.15) is 0 Å². The van der Waals surface area contributed by atoms with E-state index in [0.29, 0.717) is 11.3 Å². The smallest absolute Gasteiger partial charge is 0.255 e. The molecule has 0 bridgehead atoms. The number of amides is 1. The maximum Gasteiger partial charge on any atom is 0.255 e. The lowest BCUT2D eigenvalue weighted by Crippen LogP contribution is -2.61. The van der Waals surface area contributed by atoms with E-state index >= 15 is 0 Å². The number of benzene rings is 1. The van der Waals surface area contributed by atoms with E-state index in [1.165, 1.54) is 11.0 Å². The lowest BCUT2D eigenvalue weighted by molar-refractivity contribution is -0.143. The van der Waals surface area contributed by atoms with Gasteiger partial charge in [0.15, 0.2) is 11.6 Å². The van der Waals surface area contributed by atoms with Gasteiger partial charge in [0.1, 0.15) is 22.8 Å². The molecule has 33 heavy (non-hydrogen) atoms. The van der Waals surface area contributed by atoms with Gasteiger partial charge in [-0.15, -0.1) is 0 Å². The number of likely N-dealkylation sites (N-methyl/N-ethyl adjacent to an activating group) is 1. The molecule has 1 fully saturated rings. The Labute approximate surface area is 190 Å². The normalized spacial score (nSPS) is 29.1. The molecule has 0 aromatic heterocycles. The molecule has 0 spiro atoms. The largest absolute Gasteiger partial charge is 0.510 e. The number of carbonyl (C=O) groups is 3. The van der Waals surface area contributed by atoms with Crippen LogP contribution in [0, 0.1) is 17.8 Å². The van der Waals surface area contributed by atoms with Crippen LogP contribution in [-0.4, -0.2) is 83.1 Å². The first-order valence-electron chi connectivity index (χ1n) is 10.5. The highest BCUT2D eigenvalue weighted by Crippen LogP contribution is 2.51. The van der Waals surface area contributed by atoms with Crippen LogP contribution in [0.2, 0.25) is 0 Å². The second-order valence-corrected chi connectivity index (χ2v) is 9.23. The summed E-state index contributed by atoms with van der Waals surface area (Å²) in [7, 11) is 6.75. The molecule has 1 saturated carbocycles. The molecule has 5 atom stereocenters. The minimum atomic E-state index is -1.51. The SMILES string of the molecule is CN(C)c1ccc(O)c2c1CC1C(=C2O)C(=O)C2C(=O)C(C(N)=O)=C(O)C(N(C)C)C2C1O. The van der Waals surface area contributed by atoms with Crippen LogP contribution in [0.5, 0.6) is 5.75 Å². The first-order valence-corrected chi connectivity index (χ1v) is 10.5. The Hall–Kier alpha value is -3.37. The van der Waals surface area contributed by atoms with E-state index in [9.17, 15) is 34.8 Å². The Bertz CT molecular complexity index is 1150. The van der Waals surface area contributed by atoms with Crippen molar-refractivity contribution >= 4 is 28.9 Å². The number of phenolic OH excluding ortho intramolecular Hbond substituents is 1. The molecule has 1 amide bonds. The number of ketones is 2. The number of hydrogen-bond donors (Lipinski definition) is 5. The zero-order valence-corrected chi connectivity index (χ0v) is 18.7. The average molecular weight is 457 g/mol. The Morgan fingerprint density at radius 1 is 1.06 bits per heavy atom. The quantitative estimate of drug-likeness (QED) is 0.307. The van der Waals surface area contributed by atoms with Crippen LogP contribution in [0.25, 0.3) is 5.76 Å². The molecule has 3 aliphatic rings. The molecule has 1 aromatic rings. The van der Waals surface area contributed by atoms with Crippen LogP contribution in [-0.2, 0) is 20.8 Å². The number of Topliss-reactive ketones (excluding diaryl/α,β-unsaturated/α-hetero) is 2. The lowest BCUT2D eigenvalue weighted by Gasteiger charge is -2.49. The molecule has 4 rings (SSSR count). The van der Waals surface area contributed by atoms with Crippen molar-refractivity contribution in [1.82, 2.24) is 4.90 Å². The van der Waals surface area contributed by atoms with Crippen molar-refractivity contribution in [2.45, 2.75) is 18.6 Å². The number of carbonyl (C=O) groups excluding carboxylic acids is 3. The molecule has 176 valence electrons. The number of phenols is 1. The fourth-order valence-corrected chi connectivity index (χ4v) is 5.66. The molecule has 0 saturated heterocycles. The second-order valence-electron chi connectivity index (χ2n) is 9.23. The number of aromatic hydroxyl groups is 1. The van der Waals surface area contributed by atoms with E-state index in [0.717, 1.165) is 0 Å². The molecule has 3 aliphatic carbocycles. The Balaban J connectivity index is 1.97. The summed E-state index contributed by atoms with van der Waals surface area (Å²) in [4.78, 5) is 42.0. The van der Waals surface area contributed by atoms with Gasteiger partial charge in [-0.3, -0.25) is 19.3 Å². The fraction of sp³-hybridized carbons (Fsp3) is 0.435. The Morgan fingerprint density at radius 3 is 2.24 bits per heavy atom. The highest BCUT2D eigenvalue weighted by molar-refractivity contribution is 6.28. The number of aliphatic hydroxyl groups excluding tert-OH is 3. The first-order chi connectivity index (χ1) is 15.4. The van der Waals surface area contributed by atoms with Crippen molar-refractivity contribution in [3.05, 3.63) is 40.2 Å². The number of rotatable bonds is 3. The number of anilines is 1. The fourth-order valence-electron chi connectivity index (χ4n) is 5.66. The van der Waals surface area contributed by atoms with Gasteiger partial charge >= 0.3 is 0 Å². The van der Waals surface area contributed by atoms with Crippen molar-refractivity contribution in [1.29, 1.82) is 0 Å². The molecule has 6 N–H and O–H groups in total. The zero-order valence-electron chi connectivity index (χ0n) is 18.7. The summed E-state index contributed by atoms with van der Waals surface area (Å²) < 4.78 is 0. The van der Waals surface area contributed by atoms with Crippen molar-refractivity contribution in [2.24, 2.45) is 23.5 Å². The van der Waals surface area contributed by atoms with E-state index in [-0.39, 0.29) is 23.3 Å². The van der Waals surface area contributed by atoms with Crippen molar-refractivity contribution < 1.29 is 34.8 Å². The maximum absolute atomic E-state index is 13.6. The van der Waals surface area contributed by atoms with Gasteiger partial charge < -0.3 is 31.1 Å². The summed E-state index contributed by atoms with van der Waals surface area (Å²) in [6.45, 7) is 0. The number of hydrogen-bond acceptors (Lipinski definition) is 9. The monoisotopic (exact) mass is 457 g/mol. The van der Waals surface area contributed by atoms with Crippen molar-refractivity contribution in [3.63, 3.8) is 0 Å². The summed E-state index contributed by atoms with van der Waals surface area (Å²) in [6, 6.07) is 2.06. The summed E-state index contributed by atoms with van der Waals surface area (Å²) in [5.74, 6) is -7.69. The van der Waals surface area contributed by atoms with E-state index in [2.05, 4.69) is 0 Å². The van der Waals surface area contributed by atoms with Gasteiger partial charge in [0.05, 0.1) is 23.6 Å². The Kier molecular flexibility index (Phi) is 5.25. The molecule has 0 aliphatic heterocycles. The molecule has 5 unspecified atom stereocenters. The van der Waals surface area contributed by atoms with E-state index < -0.39 is 64.5 Å². The number of aliphatic hydroxyl groups is 3. The van der Waals surface area contributed by atoms with Crippen molar-refractivity contribution in [3.8, 4) is 5.75 Å². The molecule has 1 aromatic carbocycles. The minimum absolute atomic E-state index is 0.0763. The van der Waals surface area contributed by atoms with Crippen molar-refractivity contribution in [2.75, 3.05) is 33.1 Å². The van der Waals surface area contributed by atoms with Crippen LogP contribution in [0.3, 0.4) is 0 Å². The number of primary amides is 1. The molecular weight excluding hydrogens is 430 g/mol. The molecule has 10 nitrogen and oxygen atoms in total. The molecule has 10 heteroatoms. The maximum atomic E-state index is 13.6. The van der Waals surface area contributed by atoms with Gasteiger partial charge in [-0.05, 0) is 38.2 Å². The second kappa shape index (κ2) is 7.60. The molecule has 0 heterocycles. The highest BCUT2D eigenvalue weighted by atomic mass is 16.3. The summed E-state index contributed by atoms with van der Waals surface area (Å²) in [5.41, 5.74) is 5.81. The van der Waals surface area contributed by atoms with Crippen LogP contribution in [0.15, 0.2) is 29.0 Å². The minimum Gasteiger partial charge on any atom is -0.510 e. The summed E-state index contributed by atoms with van der Waals surface area (Å²) in [5, 5.41) is 43.7. The van der Waals surface area contributed by atoms with E-state index in [4.69, 9.17) is 5.73 Å². The molecule has 0 radical (unpaired) electrons. The van der Waals surface area contributed by atoms with Crippen LogP contribution in [0.4, 0.5) is 5.69 Å². The van der Waals surface area contributed by atoms with Crippen LogP contribution >= 0.6 is 0 Å².